The Labute approximate surface area is 86.7 Å². The molecule has 0 atom stereocenters. The van der Waals surface area contributed by atoms with Crippen LogP contribution in [-0.2, 0) is 14.2 Å². The zero-order valence-corrected chi connectivity index (χ0v) is 9.17. The average molecular weight is 202 g/mol. The van der Waals surface area contributed by atoms with Crippen molar-refractivity contribution in [3.05, 3.63) is 0 Å². The molecule has 0 bridgehead atoms. The van der Waals surface area contributed by atoms with Crippen molar-refractivity contribution < 1.29 is 14.2 Å². The Kier molecular flexibility index (Phi) is 7.01. The fourth-order valence-electron chi connectivity index (χ4n) is 1.49. The van der Waals surface area contributed by atoms with Gasteiger partial charge in [-0.15, -0.1) is 0 Å². The molecule has 0 unspecified atom stereocenters. The fraction of sp³-hybridized carbons (Fsp3) is 1.00. The molecule has 1 saturated heterocycles. The second-order valence-corrected chi connectivity index (χ2v) is 3.67. The van der Waals surface area contributed by atoms with E-state index in [1.54, 1.807) is 0 Å². The molecule has 84 valence electrons. The van der Waals surface area contributed by atoms with Crippen molar-refractivity contribution in [2.24, 2.45) is 0 Å². The Hall–Kier alpha value is -0.120. The minimum absolute atomic E-state index is 0.384. The van der Waals surface area contributed by atoms with E-state index >= 15 is 0 Å². The Morgan fingerprint density at radius 2 is 1.64 bits per heavy atom. The predicted octanol–water partition coefficient (Wildman–Crippen LogP) is 2.69. The lowest BCUT2D eigenvalue weighted by atomic mass is 10.1. The van der Waals surface area contributed by atoms with Crippen molar-refractivity contribution in [3.8, 4) is 0 Å². The van der Waals surface area contributed by atoms with E-state index in [-0.39, 0.29) is 6.48 Å². The van der Waals surface area contributed by atoms with Crippen LogP contribution in [0.1, 0.15) is 45.4 Å². The van der Waals surface area contributed by atoms with Crippen molar-refractivity contribution in [2.45, 2.75) is 51.9 Å². The van der Waals surface area contributed by atoms with Gasteiger partial charge in [-0.3, -0.25) is 0 Å². The van der Waals surface area contributed by atoms with Gasteiger partial charge in [0.15, 0.2) is 0 Å². The number of hydrogen-bond acceptors (Lipinski definition) is 3. The third-order valence-corrected chi connectivity index (χ3v) is 2.34. The molecule has 0 amide bonds. The first-order chi connectivity index (χ1) is 6.93. The van der Waals surface area contributed by atoms with Crippen LogP contribution >= 0.6 is 0 Å². The molecule has 3 heteroatoms. The first-order valence-corrected chi connectivity index (χ1v) is 5.78. The topological polar surface area (TPSA) is 27.7 Å². The lowest BCUT2D eigenvalue weighted by Crippen LogP contribution is -2.13. The zero-order valence-electron chi connectivity index (χ0n) is 9.17. The van der Waals surface area contributed by atoms with Gasteiger partial charge < -0.3 is 14.2 Å². The van der Waals surface area contributed by atoms with Gasteiger partial charge in [0.05, 0.1) is 19.8 Å². The summed E-state index contributed by atoms with van der Waals surface area (Å²) in [7, 11) is 0. The smallest absolute Gasteiger partial charge is 0.271 e. The molecule has 1 fully saturated rings. The van der Waals surface area contributed by atoms with Crippen LogP contribution in [0.5, 0.6) is 0 Å². The summed E-state index contributed by atoms with van der Waals surface area (Å²) in [6.45, 7) is 3.95. The van der Waals surface area contributed by atoms with Gasteiger partial charge in [-0.2, -0.15) is 0 Å². The van der Waals surface area contributed by atoms with Crippen molar-refractivity contribution in [2.75, 3.05) is 19.8 Å². The highest BCUT2D eigenvalue weighted by Crippen LogP contribution is 2.08. The Morgan fingerprint density at radius 3 is 2.36 bits per heavy atom. The molecule has 14 heavy (non-hydrogen) atoms. The van der Waals surface area contributed by atoms with Crippen molar-refractivity contribution >= 4 is 0 Å². The van der Waals surface area contributed by atoms with Crippen LogP contribution < -0.4 is 0 Å². The maximum Gasteiger partial charge on any atom is 0.271 e. The summed E-state index contributed by atoms with van der Waals surface area (Å²) >= 11 is 0. The summed E-state index contributed by atoms with van der Waals surface area (Å²) in [6, 6.07) is 0. The fourth-order valence-corrected chi connectivity index (χ4v) is 1.49. The molecule has 1 heterocycles. The van der Waals surface area contributed by atoms with E-state index in [2.05, 4.69) is 6.92 Å². The summed E-state index contributed by atoms with van der Waals surface area (Å²) in [4.78, 5) is 0. The first kappa shape index (κ1) is 12.0. The third kappa shape index (κ3) is 5.58. The van der Waals surface area contributed by atoms with Crippen LogP contribution in [0, 0.1) is 0 Å². The molecule has 0 radical (unpaired) electrons. The highest BCUT2D eigenvalue weighted by Gasteiger charge is 2.15. The second kappa shape index (κ2) is 8.21. The third-order valence-electron chi connectivity index (χ3n) is 2.34. The van der Waals surface area contributed by atoms with Crippen LogP contribution in [0.25, 0.3) is 0 Å². The minimum Gasteiger partial charge on any atom is -0.330 e. The summed E-state index contributed by atoms with van der Waals surface area (Å²) in [5.74, 6) is 0. The molecule has 1 rings (SSSR count). The number of hydrogen-bond donors (Lipinski definition) is 0. The highest BCUT2D eigenvalue weighted by molar-refractivity contribution is 4.44. The van der Waals surface area contributed by atoms with Gasteiger partial charge >= 0.3 is 0 Å². The lowest BCUT2D eigenvalue weighted by Gasteiger charge is -2.09. The van der Waals surface area contributed by atoms with Gasteiger partial charge in [-0.1, -0.05) is 39.0 Å². The van der Waals surface area contributed by atoms with Gasteiger partial charge in [0, 0.05) is 0 Å². The van der Waals surface area contributed by atoms with Gasteiger partial charge in [0.1, 0.15) is 0 Å². The zero-order chi connectivity index (χ0) is 10.1. The average Bonchev–Trinajstić information content (AvgIpc) is 2.69. The van der Waals surface area contributed by atoms with Gasteiger partial charge in [0.2, 0.25) is 0 Å². The van der Waals surface area contributed by atoms with Crippen LogP contribution in [-0.4, -0.2) is 26.3 Å². The van der Waals surface area contributed by atoms with Crippen molar-refractivity contribution in [1.29, 1.82) is 0 Å². The van der Waals surface area contributed by atoms with Gasteiger partial charge in [-0.25, -0.2) is 0 Å². The van der Waals surface area contributed by atoms with Crippen LogP contribution in [0.15, 0.2) is 0 Å². The van der Waals surface area contributed by atoms with Gasteiger partial charge in [-0.05, 0) is 6.42 Å². The Bertz CT molecular complexity index is 122. The van der Waals surface area contributed by atoms with E-state index in [0.717, 1.165) is 13.0 Å². The monoisotopic (exact) mass is 202 g/mol. The van der Waals surface area contributed by atoms with E-state index < -0.39 is 0 Å². The SMILES string of the molecule is CCCCCCCCOC1OCCO1. The lowest BCUT2D eigenvalue weighted by molar-refractivity contribution is -0.229. The van der Waals surface area contributed by atoms with E-state index in [9.17, 15) is 0 Å². The van der Waals surface area contributed by atoms with Crippen molar-refractivity contribution in [1.82, 2.24) is 0 Å². The molecular formula is C11H22O3. The summed E-state index contributed by atoms with van der Waals surface area (Å²) in [6.07, 6.45) is 7.71. The second-order valence-electron chi connectivity index (χ2n) is 3.67. The Morgan fingerprint density at radius 1 is 1.00 bits per heavy atom. The number of ether oxygens (including phenoxy) is 3. The van der Waals surface area contributed by atoms with Crippen molar-refractivity contribution in [3.63, 3.8) is 0 Å². The highest BCUT2D eigenvalue weighted by atomic mass is 16.9. The molecule has 1 aliphatic rings. The van der Waals surface area contributed by atoms with Crippen LogP contribution in [0.4, 0.5) is 0 Å². The summed E-state index contributed by atoms with van der Waals surface area (Å²) < 4.78 is 15.7. The van der Waals surface area contributed by atoms with E-state index in [1.165, 1.54) is 32.1 Å². The molecule has 0 aromatic heterocycles. The quantitative estimate of drug-likeness (QED) is 0.566. The molecule has 0 spiro atoms. The molecule has 3 nitrogen and oxygen atoms in total. The van der Waals surface area contributed by atoms with E-state index in [0.29, 0.717) is 13.2 Å². The van der Waals surface area contributed by atoms with Crippen LogP contribution in [0.3, 0.4) is 0 Å². The predicted molar refractivity (Wildman–Crippen MR) is 55.0 cm³/mol. The largest absolute Gasteiger partial charge is 0.330 e. The molecule has 0 N–H and O–H groups in total. The summed E-state index contributed by atoms with van der Waals surface area (Å²) in [5, 5.41) is 0. The number of unbranched alkanes of at least 4 members (excludes halogenated alkanes) is 5. The van der Waals surface area contributed by atoms with E-state index in [1.807, 2.05) is 0 Å². The Balaban J connectivity index is 1.75. The minimum atomic E-state index is -0.384. The first-order valence-electron chi connectivity index (χ1n) is 5.78. The maximum absolute atomic E-state index is 5.37. The molecule has 0 saturated carbocycles. The normalized spacial score (nSPS) is 17.8. The molecular weight excluding hydrogens is 180 g/mol. The number of rotatable bonds is 8. The van der Waals surface area contributed by atoms with E-state index in [4.69, 9.17) is 14.2 Å². The molecule has 0 aromatic rings. The molecule has 0 aromatic carbocycles. The molecule has 1 aliphatic heterocycles. The van der Waals surface area contributed by atoms with Gasteiger partial charge in [0.25, 0.3) is 6.48 Å². The maximum atomic E-state index is 5.37. The standard InChI is InChI=1S/C11H22O3/c1-2-3-4-5-6-7-8-12-11-13-9-10-14-11/h11H,2-10H2,1H3. The molecule has 0 aliphatic carbocycles. The summed E-state index contributed by atoms with van der Waals surface area (Å²) in [5.41, 5.74) is 0. The van der Waals surface area contributed by atoms with Crippen LogP contribution in [0.2, 0.25) is 0 Å².